The molecule has 0 atom stereocenters. The fraction of sp³-hybridized carbons (Fsp3) is 0.160. The number of thiophene rings is 1. The molecule has 3 aromatic heterocycles. The van der Waals surface area contributed by atoms with E-state index in [-0.39, 0.29) is 5.56 Å². The van der Waals surface area contributed by atoms with Gasteiger partial charge in [0, 0.05) is 23.6 Å². The predicted molar refractivity (Wildman–Crippen MR) is 131 cm³/mol. The van der Waals surface area contributed by atoms with Crippen molar-refractivity contribution in [3.05, 3.63) is 82.3 Å². The van der Waals surface area contributed by atoms with Crippen molar-refractivity contribution in [2.75, 3.05) is 12.4 Å². The van der Waals surface area contributed by atoms with E-state index in [1.165, 1.54) is 15.9 Å². The minimum atomic E-state index is -0.0798. The number of benzene rings is 2. The molecule has 0 spiro atoms. The average Bonchev–Trinajstić information content (AvgIpc) is 3.48. The summed E-state index contributed by atoms with van der Waals surface area (Å²) in [5.41, 5.74) is 4.54. The van der Waals surface area contributed by atoms with E-state index in [0.29, 0.717) is 28.5 Å². The lowest BCUT2D eigenvalue weighted by molar-refractivity contribution is 0.389. The fourth-order valence-electron chi connectivity index (χ4n) is 3.66. The lowest BCUT2D eigenvalue weighted by atomic mass is 10.1. The molecule has 7 nitrogen and oxygen atoms in total. The van der Waals surface area contributed by atoms with E-state index in [9.17, 15) is 4.79 Å². The zero-order chi connectivity index (χ0) is 22.9. The molecule has 0 aliphatic heterocycles. The molecule has 8 heteroatoms. The van der Waals surface area contributed by atoms with Gasteiger partial charge < -0.3 is 14.6 Å². The Balaban J connectivity index is 1.39. The van der Waals surface area contributed by atoms with E-state index in [0.717, 1.165) is 33.0 Å². The van der Waals surface area contributed by atoms with Crippen LogP contribution in [0.15, 0.2) is 70.0 Å². The minimum absolute atomic E-state index is 0.0798. The van der Waals surface area contributed by atoms with Gasteiger partial charge in [-0.25, -0.2) is 4.98 Å². The Bertz CT molecular complexity index is 1500. The van der Waals surface area contributed by atoms with Gasteiger partial charge in [0.15, 0.2) is 5.76 Å². The van der Waals surface area contributed by atoms with Crippen LogP contribution in [0.25, 0.3) is 31.9 Å². The molecule has 1 N–H and O–H groups in total. The van der Waals surface area contributed by atoms with Crippen molar-refractivity contribution in [3.63, 3.8) is 0 Å². The summed E-state index contributed by atoms with van der Waals surface area (Å²) in [6.45, 7) is 2.42. The molecule has 5 rings (SSSR count). The van der Waals surface area contributed by atoms with E-state index in [2.05, 4.69) is 29.5 Å². The van der Waals surface area contributed by atoms with E-state index in [1.807, 2.05) is 48.5 Å². The summed E-state index contributed by atoms with van der Waals surface area (Å²) in [4.78, 5) is 18.7. The van der Waals surface area contributed by atoms with Gasteiger partial charge in [-0.05, 0) is 48.4 Å². The van der Waals surface area contributed by atoms with Gasteiger partial charge in [0.05, 0.1) is 19.2 Å². The van der Waals surface area contributed by atoms with Crippen molar-refractivity contribution in [2.45, 2.75) is 13.5 Å². The Labute approximate surface area is 194 Å². The highest BCUT2D eigenvalue weighted by molar-refractivity contribution is 7.22. The van der Waals surface area contributed by atoms with Crippen LogP contribution in [0.5, 0.6) is 5.75 Å². The first-order chi connectivity index (χ1) is 16.0. The van der Waals surface area contributed by atoms with E-state index >= 15 is 0 Å². The zero-order valence-electron chi connectivity index (χ0n) is 18.5. The number of ether oxygens (including phenoxy) is 1. The molecule has 0 unspecified atom stereocenters. The second-order valence-corrected chi connectivity index (χ2v) is 8.75. The lowest BCUT2D eigenvalue weighted by Crippen LogP contribution is -2.21. The Hall–Kier alpha value is -3.91. The first kappa shape index (κ1) is 21.0. The third kappa shape index (κ3) is 4.01. The van der Waals surface area contributed by atoms with Crippen LogP contribution in [0.3, 0.4) is 0 Å². The highest BCUT2D eigenvalue weighted by Crippen LogP contribution is 2.33. The minimum Gasteiger partial charge on any atom is -0.497 e. The summed E-state index contributed by atoms with van der Waals surface area (Å²) in [6.07, 6.45) is 0. The van der Waals surface area contributed by atoms with Crippen LogP contribution in [0.2, 0.25) is 0 Å². The topological polar surface area (TPSA) is 82.2 Å². The maximum atomic E-state index is 13.0. The highest BCUT2D eigenvalue weighted by Gasteiger charge is 2.15. The van der Waals surface area contributed by atoms with Gasteiger partial charge in [0.25, 0.3) is 5.56 Å². The molecular formula is C25H22N4O3S. The molecular weight excluding hydrogens is 436 g/mol. The summed E-state index contributed by atoms with van der Waals surface area (Å²) < 4.78 is 12.8. The number of rotatable bonds is 6. The first-order valence-corrected chi connectivity index (χ1v) is 11.3. The number of nitrogens with zero attached hydrogens (tertiary/aromatic N) is 3. The molecule has 0 aliphatic rings. The van der Waals surface area contributed by atoms with E-state index < -0.39 is 0 Å². The Morgan fingerprint density at radius 3 is 2.67 bits per heavy atom. The number of anilines is 1. The maximum Gasteiger partial charge on any atom is 0.272 e. The molecule has 0 fully saturated rings. The third-order valence-electron chi connectivity index (χ3n) is 5.53. The van der Waals surface area contributed by atoms with Crippen LogP contribution >= 0.6 is 11.3 Å². The van der Waals surface area contributed by atoms with Gasteiger partial charge in [0.2, 0.25) is 5.95 Å². The van der Waals surface area contributed by atoms with Crippen LogP contribution in [0.4, 0.5) is 5.95 Å². The lowest BCUT2D eigenvalue weighted by Gasteiger charge is -2.08. The number of aryl methyl sites for hydroxylation is 1. The van der Waals surface area contributed by atoms with Crippen LogP contribution in [0, 0.1) is 6.92 Å². The van der Waals surface area contributed by atoms with Crippen LogP contribution in [0.1, 0.15) is 11.3 Å². The van der Waals surface area contributed by atoms with Crippen molar-refractivity contribution >= 4 is 27.5 Å². The van der Waals surface area contributed by atoms with Crippen molar-refractivity contribution < 1.29 is 9.26 Å². The molecule has 5 aromatic rings. The molecule has 3 heterocycles. The summed E-state index contributed by atoms with van der Waals surface area (Å²) >= 11 is 1.47. The summed E-state index contributed by atoms with van der Waals surface area (Å²) in [5.74, 6) is 1.90. The van der Waals surface area contributed by atoms with Crippen molar-refractivity contribution in [2.24, 2.45) is 7.05 Å². The highest BCUT2D eigenvalue weighted by atomic mass is 32.1. The number of methoxy groups -OCH3 is 1. The second-order valence-electron chi connectivity index (χ2n) is 7.70. The van der Waals surface area contributed by atoms with E-state index in [1.54, 1.807) is 14.2 Å². The maximum absolute atomic E-state index is 13.0. The van der Waals surface area contributed by atoms with Crippen molar-refractivity contribution in [3.8, 4) is 27.4 Å². The molecule has 0 aliphatic carbocycles. The molecule has 0 radical (unpaired) electrons. The number of fused-ring (bicyclic) bond motifs is 1. The number of hydrogen-bond acceptors (Lipinski definition) is 7. The van der Waals surface area contributed by atoms with Gasteiger partial charge >= 0.3 is 0 Å². The average molecular weight is 459 g/mol. The summed E-state index contributed by atoms with van der Waals surface area (Å²) in [7, 11) is 3.35. The standard InChI is InChI=1S/C25H22N4O3S/c1-15-6-4-5-7-19(15)22-13-21-23(33-22)24(30)29(2)25(27-21)26-14-18-12-20(28-32-18)16-8-10-17(31-3)11-9-16/h4-13H,14H2,1-3H3,(H,26,27). The largest absolute Gasteiger partial charge is 0.497 e. The van der Waals surface area contributed by atoms with Crippen molar-refractivity contribution in [1.29, 1.82) is 0 Å². The molecule has 2 aromatic carbocycles. The molecule has 0 amide bonds. The SMILES string of the molecule is COc1ccc(-c2cc(CNc3nc4cc(-c5ccccc5C)sc4c(=O)n3C)on2)cc1. The summed E-state index contributed by atoms with van der Waals surface area (Å²) in [6, 6.07) is 19.6. The smallest absolute Gasteiger partial charge is 0.272 e. The van der Waals surface area contributed by atoms with Crippen LogP contribution < -0.4 is 15.6 Å². The Morgan fingerprint density at radius 2 is 1.91 bits per heavy atom. The number of nitrogens with one attached hydrogen (secondary N) is 1. The quantitative estimate of drug-likeness (QED) is 0.374. The first-order valence-electron chi connectivity index (χ1n) is 10.4. The van der Waals surface area contributed by atoms with E-state index in [4.69, 9.17) is 14.2 Å². The zero-order valence-corrected chi connectivity index (χ0v) is 19.3. The number of aromatic nitrogens is 3. The van der Waals surface area contributed by atoms with Gasteiger partial charge in [0.1, 0.15) is 16.1 Å². The number of hydrogen-bond donors (Lipinski definition) is 1. The third-order valence-corrected chi connectivity index (χ3v) is 6.68. The van der Waals surface area contributed by atoms with Gasteiger partial charge in [-0.2, -0.15) is 0 Å². The molecule has 0 saturated carbocycles. The van der Waals surface area contributed by atoms with Crippen LogP contribution in [-0.2, 0) is 13.6 Å². The summed E-state index contributed by atoms with van der Waals surface area (Å²) in [5, 5.41) is 7.35. The molecule has 0 bridgehead atoms. The van der Waals surface area contributed by atoms with Gasteiger partial charge in [-0.15, -0.1) is 11.3 Å². The van der Waals surface area contributed by atoms with Crippen LogP contribution in [-0.4, -0.2) is 21.8 Å². The normalized spacial score (nSPS) is 11.1. The molecule has 33 heavy (non-hydrogen) atoms. The monoisotopic (exact) mass is 458 g/mol. The predicted octanol–water partition coefficient (Wildman–Crippen LogP) is 5.25. The van der Waals surface area contributed by atoms with Gasteiger partial charge in [-0.1, -0.05) is 29.4 Å². The Morgan fingerprint density at radius 1 is 1.12 bits per heavy atom. The van der Waals surface area contributed by atoms with Gasteiger partial charge in [-0.3, -0.25) is 9.36 Å². The second kappa shape index (κ2) is 8.55. The Kier molecular flexibility index (Phi) is 5.43. The molecule has 0 saturated heterocycles. The molecule has 166 valence electrons. The fourth-order valence-corrected chi connectivity index (χ4v) is 4.82. The van der Waals surface area contributed by atoms with Crippen molar-refractivity contribution in [1.82, 2.24) is 14.7 Å².